The highest BCUT2D eigenvalue weighted by molar-refractivity contribution is 5.88. The van der Waals surface area contributed by atoms with Gasteiger partial charge in [-0.25, -0.2) is 9.59 Å². The van der Waals surface area contributed by atoms with Crippen molar-refractivity contribution in [3.63, 3.8) is 0 Å². The third-order valence-electron chi connectivity index (χ3n) is 20.0. The molecule has 27 atom stereocenters. The number of aliphatic hydroxyl groups is 6. The second kappa shape index (κ2) is 25.4. The van der Waals surface area contributed by atoms with Gasteiger partial charge in [-0.05, 0) is 118 Å². The second-order valence-corrected chi connectivity index (χ2v) is 24.1. The Hall–Kier alpha value is -2.52. The van der Waals surface area contributed by atoms with Crippen LogP contribution in [0, 0.1) is 28.6 Å². The number of ether oxygens (including phenoxy) is 13. The van der Waals surface area contributed by atoms with E-state index in [1.54, 1.807) is 54.1 Å². The minimum Gasteiger partial charge on any atom is -0.459 e. The van der Waals surface area contributed by atoms with Gasteiger partial charge in [-0.2, -0.15) is 0 Å². The lowest BCUT2D eigenvalue weighted by Gasteiger charge is -2.63. The topological polar surface area (TPSA) is 276 Å². The van der Waals surface area contributed by atoms with Gasteiger partial charge in [-0.1, -0.05) is 37.6 Å². The molecule has 4 aliphatic carbocycles. The summed E-state index contributed by atoms with van der Waals surface area (Å²) in [6.45, 7) is 18.1. The Kier molecular flexibility index (Phi) is 20.1. The van der Waals surface area contributed by atoms with E-state index in [1.165, 1.54) is 12.7 Å². The molecule has 21 nitrogen and oxygen atoms in total. The van der Waals surface area contributed by atoms with E-state index in [0.29, 0.717) is 49.7 Å². The van der Waals surface area contributed by atoms with Crippen LogP contribution in [0.3, 0.4) is 0 Å². The monoisotopic (exact) mass is 1120 g/mol. The fraction of sp³-hybridized carbons (Fsp3) is 0.862. The smallest absolute Gasteiger partial charge is 0.333 e. The molecule has 0 amide bonds. The van der Waals surface area contributed by atoms with Crippen molar-refractivity contribution in [2.24, 2.45) is 28.6 Å². The minimum absolute atomic E-state index is 0.0192. The first-order valence-electron chi connectivity index (χ1n) is 28.7. The number of carbonyl (C=O) groups is 2. The van der Waals surface area contributed by atoms with Crippen LogP contribution >= 0.6 is 0 Å². The predicted octanol–water partition coefficient (Wildman–Crippen LogP) is 3.83. The first-order chi connectivity index (χ1) is 37.4. The van der Waals surface area contributed by atoms with Gasteiger partial charge in [0.25, 0.3) is 0 Å². The molecule has 21 heteroatoms. The third kappa shape index (κ3) is 11.8. The molecule has 0 aromatic carbocycles. The number of hydrogen-bond acceptors (Lipinski definition) is 21. The summed E-state index contributed by atoms with van der Waals surface area (Å²) in [6, 6.07) is 0. The molecule has 3 saturated carbocycles. The maximum atomic E-state index is 13.7. The molecule has 79 heavy (non-hydrogen) atoms. The predicted molar refractivity (Wildman–Crippen MR) is 280 cm³/mol. The molecular formula is C58H92O21. The lowest BCUT2D eigenvalue weighted by molar-refractivity contribution is -0.373. The standard InChI is InChI=1S/C58H92O21/c1-14-27(3)52(64)72-29(5)35-19-21-58(66)36-17-16-33-22-34(18-20-56(33,9)37(36)23-41(57(35,58)10)76-53(65)28(4)15-2)74-42-24-38(67-11)48(30(6)70-42)77-43-25-39(68-12)49(31(7)71-43)78-55-47(63)51(69-13)50(32(8)73-55)79-54-46(62)45(61)44(60)40(26-59)75-54/h14-16,29-32,34-51,54-55,59-63,66H,17-26H2,1-13H3/b27-14+,28-15+/t29-,30-,31-,32-,34+,35-,36-,37+,38+,39+,40-,41-,42+,43+,44-,45+,46-,47-,48+,49+,50-,51-,54+,55+,56+,57+,58+/m1/s1. The Balaban J connectivity index is 0.878. The Bertz CT molecular complexity index is 2190. The number of allylic oxidation sites excluding steroid dienone is 3. The van der Waals surface area contributed by atoms with E-state index in [2.05, 4.69) is 19.9 Å². The molecular weight excluding hydrogens is 1030 g/mol. The summed E-state index contributed by atoms with van der Waals surface area (Å²) in [4.78, 5) is 26.7. The van der Waals surface area contributed by atoms with Crippen molar-refractivity contribution < 1.29 is 102 Å². The van der Waals surface area contributed by atoms with Gasteiger partial charge in [0.05, 0.1) is 48.8 Å². The Morgan fingerprint density at radius 3 is 1.89 bits per heavy atom. The van der Waals surface area contributed by atoms with E-state index in [4.69, 9.17) is 61.6 Å². The zero-order valence-electron chi connectivity index (χ0n) is 48.5. The van der Waals surface area contributed by atoms with E-state index in [0.717, 1.165) is 12.8 Å². The molecule has 8 rings (SSSR count). The van der Waals surface area contributed by atoms with Gasteiger partial charge < -0.3 is 92.2 Å². The van der Waals surface area contributed by atoms with Crippen molar-refractivity contribution in [3.05, 3.63) is 34.9 Å². The van der Waals surface area contributed by atoms with Crippen LogP contribution in [0.2, 0.25) is 0 Å². The van der Waals surface area contributed by atoms with Crippen LogP contribution < -0.4 is 0 Å². The van der Waals surface area contributed by atoms with Gasteiger partial charge in [-0.3, -0.25) is 0 Å². The summed E-state index contributed by atoms with van der Waals surface area (Å²) in [7, 11) is 4.56. The second-order valence-electron chi connectivity index (χ2n) is 24.1. The van der Waals surface area contributed by atoms with Gasteiger partial charge in [0, 0.05) is 56.7 Å². The molecule has 0 unspecified atom stereocenters. The number of rotatable bonds is 17. The van der Waals surface area contributed by atoms with Crippen LogP contribution in [0.25, 0.3) is 0 Å². The maximum absolute atomic E-state index is 13.7. The van der Waals surface area contributed by atoms with Crippen LogP contribution in [0.15, 0.2) is 34.9 Å². The molecule has 0 aromatic heterocycles. The molecule has 0 aromatic rings. The molecule has 7 fully saturated rings. The van der Waals surface area contributed by atoms with Crippen molar-refractivity contribution in [2.45, 2.75) is 262 Å². The fourth-order valence-electron chi connectivity index (χ4n) is 14.9. The van der Waals surface area contributed by atoms with E-state index < -0.39 is 146 Å². The van der Waals surface area contributed by atoms with E-state index in [9.17, 15) is 40.2 Å². The summed E-state index contributed by atoms with van der Waals surface area (Å²) in [5.74, 6) is -1.11. The van der Waals surface area contributed by atoms with Crippen molar-refractivity contribution in [1.29, 1.82) is 0 Å². The van der Waals surface area contributed by atoms with Crippen LogP contribution in [0.5, 0.6) is 0 Å². The average Bonchev–Trinajstić information content (AvgIpc) is 3.60. The highest BCUT2D eigenvalue weighted by Crippen LogP contribution is 2.69. The van der Waals surface area contributed by atoms with Crippen LogP contribution in [0.1, 0.15) is 127 Å². The number of aliphatic hydroxyl groups excluding tert-OH is 5. The Morgan fingerprint density at radius 1 is 0.696 bits per heavy atom. The lowest BCUT2D eigenvalue weighted by Crippen LogP contribution is -2.67. The van der Waals surface area contributed by atoms with Gasteiger partial charge in [0.15, 0.2) is 25.2 Å². The maximum Gasteiger partial charge on any atom is 0.333 e. The van der Waals surface area contributed by atoms with Crippen molar-refractivity contribution >= 4 is 11.9 Å². The van der Waals surface area contributed by atoms with Crippen molar-refractivity contribution in [1.82, 2.24) is 0 Å². The molecule has 6 N–H and O–H groups in total. The van der Waals surface area contributed by atoms with Crippen LogP contribution in [-0.4, -0.2) is 205 Å². The number of fused-ring (bicyclic) bond motifs is 5. The van der Waals surface area contributed by atoms with E-state index in [1.807, 2.05) is 27.7 Å². The summed E-state index contributed by atoms with van der Waals surface area (Å²) in [5.41, 5.74) is -0.0544. The number of hydrogen-bond donors (Lipinski definition) is 6. The van der Waals surface area contributed by atoms with Gasteiger partial charge in [0.1, 0.15) is 67.1 Å². The largest absolute Gasteiger partial charge is 0.459 e. The van der Waals surface area contributed by atoms with Crippen molar-refractivity contribution in [2.75, 3.05) is 27.9 Å². The van der Waals surface area contributed by atoms with Gasteiger partial charge >= 0.3 is 11.9 Å². The average molecular weight is 1130 g/mol. The molecule has 4 saturated heterocycles. The Labute approximate surface area is 465 Å². The number of methoxy groups -OCH3 is 3. The molecule has 450 valence electrons. The van der Waals surface area contributed by atoms with Crippen LogP contribution in [-0.2, 0) is 71.2 Å². The third-order valence-corrected chi connectivity index (χ3v) is 20.0. The lowest BCUT2D eigenvalue weighted by atomic mass is 9.44. The van der Waals surface area contributed by atoms with Gasteiger partial charge in [0.2, 0.25) is 0 Å². The zero-order chi connectivity index (χ0) is 57.6. The van der Waals surface area contributed by atoms with E-state index in [-0.39, 0.29) is 41.7 Å². The van der Waals surface area contributed by atoms with Crippen molar-refractivity contribution in [3.8, 4) is 0 Å². The molecule has 0 bridgehead atoms. The van der Waals surface area contributed by atoms with Gasteiger partial charge in [-0.15, -0.1) is 0 Å². The summed E-state index contributed by atoms with van der Waals surface area (Å²) >= 11 is 0. The fourth-order valence-corrected chi connectivity index (χ4v) is 14.9. The number of esters is 2. The molecule has 4 heterocycles. The first-order valence-corrected chi connectivity index (χ1v) is 28.7. The van der Waals surface area contributed by atoms with Crippen LogP contribution in [0.4, 0.5) is 0 Å². The zero-order valence-corrected chi connectivity index (χ0v) is 48.5. The summed E-state index contributed by atoms with van der Waals surface area (Å²) in [5, 5.41) is 65.7. The number of carbonyl (C=O) groups excluding carboxylic acids is 2. The van der Waals surface area contributed by atoms with E-state index >= 15 is 0 Å². The highest BCUT2D eigenvalue weighted by Gasteiger charge is 2.72. The first kappa shape index (κ1) is 62.5. The summed E-state index contributed by atoms with van der Waals surface area (Å²) in [6.07, 6.45) is -8.06. The SMILES string of the molecule is C/C=C(\C)C(=O)O[C@H](C)[C@H]1CC[C@]2(O)[C@@H]3CC=C4C[C@@H](O[C@H]5C[C@H](OC)[C@@H](O[C@H]6C[C@H](OC)[C@@H](O[C@@H]7O[C@H](C)[C@@H](O[C@@H]8O[C@H](CO)[C@@H](O)[C@H](O)[C@H]8O)[C@H](OC)[C@H]7O)[C@@H](C)O6)[C@@H](C)O5)CC[C@]4(C)[C@H]3C[C@@H](OC(=O)/C(C)=C/C)[C@]12C. The summed E-state index contributed by atoms with van der Waals surface area (Å²) < 4.78 is 80.8. The molecule has 0 radical (unpaired) electrons. The normalized spacial score (nSPS) is 48.0. The molecule has 8 aliphatic rings. The molecule has 4 aliphatic heterocycles. The minimum atomic E-state index is -1.67. The molecule has 0 spiro atoms. The highest BCUT2D eigenvalue weighted by atomic mass is 16.8. The quantitative estimate of drug-likeness (QED) is 0.0686. The Morgan fingerprint density at radius 2 is 1.28 bits per heavy atom.